The number of aliphatic hydroxyl groups is 3. The van der Waals surface area contributed by atoms with Crippen LogP contribution in [-0.4, -0.2) is 134 Å². The lowest BCUT2D eigenvalue weighted by Crippen LogP contribution is -2.70. The number of amides is 1. The maximum atomic E-state index is 14.2. The zero-order valence-corrected chi connectivity index (χ0v) is 27.1. The fourth-order valence-electron chi connectivity index (χ4n) is 3.29. The first-order valence-corrected chi connectivity index (χ1v) is 15.3. The molecule has 0 bridgehead atoms. The van der Waals surface area contributed by atoms with Gasteiger partial charge in [0.25, 0.3) is 0 Å². The van der Waals surface area contributed by atoms with Crippen molar-refractivity contribution in [2.75, 3.05) is 31.3 Å². The number of aliphatic hydroxyl groups excluding tert-OH is 3. The van der Waals surface area contributed by atoms with E-state index in [0.29, 0.717) is 0 Å². The summed E-state index contributed by atoms with van der Waals surface area (Å²) in [5.41, 5.74) is -2.70. The lowest BCUT2D eigenvalue weighted by atomic mass is 9.93. The highest BCUT2D eigenvalue weighted by Crippen LogP contribution is 2.62. The summed E-state index contributed by atoms with van der Waals surface area (Å²) < 4.78 is 344. The van der Waals surface area contributed by atoms with Crippen LogP contribution in [0.4, 0.5) is 114 Å². The lowest BCUT2D eigenvalue weighted by molar-refractivity contribution is -0.439. The Hall–Kier alpha value is -1.77. The predicted molar refractivity (Wildman–Crippen MR) is 132 cm³/mol. The van der Waals surface area contributed by atoms with Crippen molar-refractivity contribution in [3.8, 4) is 0 Å². The van der Waals surface area contributed by atoms with E-state index in [9.17, 15) is 134 Å². The second kappa shape index (κ2) is 16.1. The Balaban J connectivity index is 6.58. The van der Waals surface area contributed by atoms with E-state index in [1.165, 1.54) is 5.32 Å². The van der Waals surface area contributed by atoms with E-state index in [1.54, 1.807) is 0 Å². The molecule has 4 N–H and O–H groups in total. The molecule has 0 aromatic carbocycles. The SMILES string of the molecule is O=C(NC(CO)(CO)CO)C(SCCC(F)(F)C(F)(F)C(F)(F)C(F)(F)C(F)(F)C(F)(F)F)SCCC(F)(F)C(F)(F)C(F)(F)C(F)(F)C(F)(F)C(F)(F)F. The van der Waals surface area contributed by atoms with Crippen molar-refractivity contribution in [2.45, 2.75) is 94.5 Å². The second-order valence-electron chi connectivity index (χ2n) is 10.8. The summed E-state index contributed by atoms with van der Waals surface area (Å²) in [4.78, 5) is 12.6. The Kier molecular flexibility index (Phi) is 15.6. The molecule has 330 valence electrons. The molecule has 0 aliphatic rings. The van der Waals surface area contributed by atoms with Crippen molar-refractivity contribution in [3.63, 3.8) is 0 Å². The number of halogens is 26. The van der Waals surface area contributed by atoms with Crippen molar-refractivity contribution in [2.24, 2.45) is 0 Å². The van der Waals surface area contributed by atoms with Gasteiger partial charge in [0.1, 0.15) is 10.1 Å². The van der Waals surface area contributed by atoms with Crippen molar-refractivity contribution in [3.05, 3.63) is 0 Å². The van der Waals surface area contributed by atoms with Crippen molar-refractivity contribution in [1.29, 1.82) is 0 Å². The highest BCUT2D eigenvalue weighted by Gasteiger charge is 2.92. The van der Waals surface area contributed by atoms with Crippen LogP contribution in [0.5, 0.6) is 0 Å². The van der Waals surface area contributed by atoms with Gasteiger partial charge >= 0.3 is 71.6 Å². The molecule has 0 heterocycles. The molecule has 0 spiro atoms. The van der Waals surface area contributed by atoms with Crippen molar-refractivity contribution in [1.82, 2.24) is 5.32 Å². The number of hydrogen-bond donors (Lipinski definition) is 4. The van der Waals surface area contributed by atoms with Gasteiger partial charge in [-0.05, 0) is 0 Å². The van der Waals surface area contributed by atoms with Gasteiger partial charge in [0.15, 0.2) is 0 Å². The third kappa shape index (κ3) is 9.12. The van der Waals surface area contributed by atoms with E-state index in [0.717, 1.165) is 0 Å². The fourth-order valence-corrected chi connectivity index (χ4v) is 5.85. The number of rotatable bonds is 21. The number of nitrogens with one attached hydrogen (secondary N) is 1. The zero-order chi connectivity index (χ0) is 44.7. The van der Waals surface area contributed by atoms with Gasteiger partial charge in [-0.15, -0.1) is 23.5 Å². The number of carbonyl (C=O) groups is 1. The Bertz CT molecular complexity index is 1210. The number of thioether (sulfide) groups is 2. The molecule has 0 saturated heterocycles. The summed E-state index contributed by atoms with van der Waals surface area (Å²) in [5.74, 6) is -85.5. The van der Waals surface area contributed by atoms with Crippen LogP contribution in [0.1, 0.15) is 12.8 Å². The minimum atomic E-state index is -8.35. The van der Waals surface area contributed by atoms with E-state index < -0.39 is 155 Å². The molecule has 0 aliphatic heterocycles. The zero-order valence-electron chi connectivity index (χ0n) is 25.4. The second-order valence-corrected chi connectivity index (χ2v) is 13.5. The van der Waals surface area contributed by atoms with Crippen LogP contribution < -0.4 is 5.32 Å². The smallest absolute Gasteiger partial charge is 0.394 e. The topological polar surface area (TPSA) is 89.8 Å². The van der Waals surface area contributed by atoms with Gasteiger partial charge in [-0.2, -0.15) is 114 Å². The van der Waals surface area contributed by atoms with E-state index in [2.05, 4.69) is 0 Å². The molecule has 0 unspecified atom stereocenters. The monoisotopic (exact) mass is 919 g/mol. The van der Waals surface area contributed by atoms with Crippen LogP contribution >= 0.6 is 23.5 Å². The maximum absolute atomic E-state index is 14.2. The number of carbonyl (C=O) groups excluding carboxylic acids is 1. The molecule has 5 nitrogen and oxygen atoms in total. The standard InChI is InChI=1S/C22H19F26NO4S2/c23-11(24,13(27,28)15(31,32)17(35,36)19(39,40)21(43,44)45)1-3-54-9(8(53)49-10(5-50,6-51)7-52)55-4-2-12(25,26)14(29,30)16(33,34)18(37,38)20(41,42)22(46,47)48/h9,50-52H,1-7H2,(H,49,53). The van der Waals surface area contributed by atoms with Crippen LogP contribution in [0.15, 0.2) is 0 Å². The summed E-state index contributed by atoms with van der Waals surface area (Å²) in [5, 5.41) is 29.0. The Morgan fingerprint density at radius 2 is 0.655 bits per heavy atom. The predicted octanol–water partition coefficient (Wildman–Crippen LogP) is 7.87. The Labute approximate surface area is 295 Å². The minimum Gasteiger partial charge on any atom is -0.394 e. The van der Waals surface area contributed by atoms with Crippen molar-refractivity contribution < 1.29 is 134 Å². The molecule has 0 rings (SSSR count). The molecule has 0 fully saturated rings. The highest BCUT2D eigenvalue weighted by atomic mass is 32.2. The average Bonchev–Trinajstić information content (AvgIpc) is 3.00. The summed E-state index contributed by atoms with van der Waals surface area (Å²) in [6.45, 7) is -4.71. The van der Waals surface area contributed by atoms with Crippen LogP contribution in [-0.2, 0) is 4.79 Å². The van der Waals surface area contributed by atoms with E-state index in [1.807, 2.05) is 0 Å². The summed E-state index contributed by atoms with van der Waals surface area (Å²) in [6.07, 6.45) is -21.8. The third-order valence-corrected chi connectivity index (χ3v) is 9.61. The molecule has 55 heavy (non-hydrogen) atoms. The first kappa shape index (κ1) is 53.2. The summed E-state index contributed by atoms with van der Waals surface area (Å²) >= 11 is -1.69. The summed E-state index contributed by atoms with van der Waals surface area (Å²) in [7, 11) is 0. The number of hydrogen-bond acceptors (Lipinski definition) is 6. The largest absolute Gasteiger partial charge is 0.460 e. The van der Waals surface area contributed by atoms with E-state index in [-0.39, 0.29) is 0 Å². The molecular weight excluding hydrogens is 900 g/mol. The van der Waals surface area contributed by atoms with Crippen LogP contribution in [0.25, 0.3) is 0 Å². The van der Waals surface area contributed by atoms with Gasteiger partial charge in [-0.25, -0.2) is 0 Å². The Morgan fingerprint density at radius 3 is 0.873 bits per heavy atom. The molecule has 0 saturated carbocycles. The summed E-state index contributed by atoms with van der Waals surface area (Å²) in [6, 6.07) is 0. The molecule has 1 amide bonds. The van der Waals surface area contributed by atoms with Gasteiger partial charge in [-0.3, -0.25) is 4.79 Å². The molecular formula is C22H19F26NO4S2. The van der Waals surface area contributed by atoms with Gasteiger partial charge in [0, 0.05) is 24.3 Å². The Morgan fingerprint density at radius 1 is 0.418 bits per heavy atom. The van der Waals surface area contributed by atoms with E-state index >= 15 is 0 Å². The van der Waals surface area contributed by atoms with Crippen LogP contribution in [0.3, 0.4) is 0 Å². The van der Waals surface area contributed by atoms with Crippen LogP contribution in [0, 0.1) is 0 Å². The molecule has 0 radical (unpaired) electrons. The molecule has 0 atom stereocenters. The third-order valence-electron chi connectivity index (χ3n) is 6.88. The highest BCUT2D eigenvalue weighted by molar-refractivity contribution is 8.18. The van der Waals surface area contributed by atoms with Gasteiger partial charge < -0.3 is 20.6 Å². The first-order chi connectivity index (χ1) is 23.9. The van der Waals surface area contributed by atoms with Crippen molar-refractivity contribution >= 4 is 29.4 Å². The molecule has 0 aromatic rings. The van der Waals surface area contributed by atoms with Gasteiger partial charge in [-0.1, -0.05) is 0 Å². The first-order valence-electron chi connectivity index (χ1n) is 13.2. The normalized spacial score (nSPS) is 15.9. The van der Waals surface area contributed by atoms with Gasteiger partial charge in [0.05, 0.1) is 19.8 Å². The lowest BCUT2D eigenvalue weighted by Gasteiger charge is -2.40. The molecule has 0 aliphatic carbocycles. The quantitative estimate of drug-likeness (QED) is 0.0693. The average molecular weight is 919 g/mol. The van der Waals surface area contributed by atoms with Gasteiger partial charge in [0.2, 0.25) is 5.91 Å². The maximum Gasteiger partial charge on any atom is 0.460 e. The molecule has 0 aromatic heterocycles. The molecule has 33 heteroatoms. The minimum absolute atomic E-state index is 0.846. The van der Waals surface area contributed by atoms with E-state index in [4.69, 9.17) is 0 Å². The fraction of sp³-hybridized carbons (Fsp3) is 0.955. The van der Waals surface area contributed by atoms with Crippen LogP contribution in [0.2, 0.25) is 0 Å². The number of alkyl halides is 26.